The van der Waals surface area contributed by atoms with E-state index in [1.807, 2.05) is 31.2 Å². The number of aryl methyl sites for hydroxylation is 1. The molecule has 24 heavy (non-hydrogen) atoms. The summed E-state index contributed by atoms with van der Waals surface area (Å²) in [6.07, 6.45) is 4.04. The van der Waals surface area contributed by atoms with Crippen LogP contribution >= 0.6 is 0 Å². The Bertz CT molecular complexity index is 706. The summed E-state index contributed by atoms with van der Waals surface area (Å²) in [4.78, 5) is 16.9. The SMILES string of the molecule is CCC(C)C(NC(=O)C1CCC1)c1nc(-c2cccc(C)c2)no1. The average molecular weight is 327 g/mol. The summed E-state index contributed by atoms with van der Waals surface area (Å²) >= 11 is 0. The van der Waals surface area contributed by atoms with Crippen molar-refractivity contribution in [3.05, 3.63) is 35.7 Å². The van der Waals surface area contributed by atoms with Gasteiger partial charge in [0, 0.05) is 11.5 Å². The van der Waals surface area contributed by atoms with Gasteiger partial charge < -0.3 is 9.84 Å². The van der Waals surface area contributed by atoms with Crippen LogP contribution in [0.5, 0.6) is 0 Å². The molecule has 2 unspecified atom stereocenters. The molecule has 3 rings (SSSR count). The highest BCUT2D eigenvalue weighted by Crippen LogP contribution is 2.30. The number of hydrogen-bond acceptors (Lipinski definition) is 4. The third kappa shape index (κ3) is 3.50. The second kappa shape index (κ2) is 7.16. The highest BCUT2D eigenvalue weighted by molar-refractivity contribution is 5.79. The quantitative estimate of drug-likeness (QED) is 0.869. The topological polar surface area (TPSA) is 68.0 Å². The first-order chi connectivity index (χ1) is 11.6. The van der Waals surface area contributed by atoms with Crippen molar-refractivity contribution in [1.82, 2.24) is 15.5 Å². The van der Waals surface area contributed by atoms with E-state index in [1.165, 1.54) is 0 Å². The van der Waals surface area contributed by atoms with Crippen molar-refractivity contribution in [2.24, 2.45) is 11.8 Å². The molecule has 1 aliphatic carbocycles. The summed E-state index contributed by atoms with van der Waals surface area (Å²) < 4.78 is 5.50. The number of hydrogen-bond donors (Lipinski definition) is 1. The number of rotatable bonds is 6. The molecular weight excluding hydrogens is 302 g/mol. The Morgan fingerprint density at radius 1 is 1.42 bits per heavy atom. The van der Waals surface area contributed by atoms with Crippen molar-refractivity contribution in [3.8, 4) is 11.4 Å². The van der Waals surface area contributed by atoms with Gasteiger partial charge in [-0.1, -0.05) is 55.6 Å². The summed E-state index contributed by atoms with van der Waals surface area (Å²) in [5, 5.41) is 7.24. The average Bonchev–Trinajstić information content (AvgIpc) is 3.00. The van der Waals surface area contributed by atoms with Crippen LogP contribution in [0.4, 0.5) is 0 Å². The molecule has 1 N–H and O–H groups in total. The summed E-state index contributed by atoms with van der Waals surface area (Å²) in [5.74, 6) is 1.56. The smallest absolute Gasteiger partial charge is 0.249 e. The molecular formula is C19H25N3O2. The number of nitrogens with one attached hydrogen (secondary N) is 1. The van der Waals surface area contributed by atoms with Crippen molar-refractivity contribution in [2.75, 3.05) is 0 Å². The lowest BCUT2D eigenvalue weighted by Crippen LogP contribution is -2.39. The fourth-order valence-corrected chi connectivity index (χ4v) is 2.89. The van der Waals surface area contributed by atoms with E-state index in [0.29, 0.717) is 11.7 Å². The summed E-state index contributed by atoms with van der Waals surface area (Å²) in [6.45, 7) is 6.23. The summed E-state index contributed by atoms with van der Waals surface area (Å²) in [6, 6.07) is 7.78. The van der Waals surface area contributed by atoms with E-state index < -0.39 is 0 Å². The van der Waals surface area contributed by atoms with E-state index in [2.05, 4.69) is 29.3 Å². The molecule has 1 fully saturated rings. The molecule has 1 aliphatic rings. The number of aromatic nitrogens is 2. The first kappa shape index (κ1) is 16.7. The predicted octanol–water partition coefficient (Wildman–Crippen LogP) is 4.05. The molecule has 0 spiro atoms. The fourth-order valence-electron chi connectivity index (χ4n) is 2.89. The Morgan fingerprint density at radius 2 is 2.21 bits per heavy atom. The molecule has 5 nitrogen and oxygen atoms in total. The van der Waals surface area contributed by atoms with E-state index in [4.69, 9.17) is 4.52 Å². The molecule has 0 saturated heterocycles. The maximum absolute atomic E-state index is 12.3. The molecule has 1 heterocycles. The molecule has 5 heteroatoms. The molecule has 1 amide bonds. The van der Waals surface area contributed by atoms with Crippen LogP contribution in [-0.2, 0) is 4.79 Å². The third-order valence-electron chi connectivity index (χ3n) is 4.97. The van der Waals surface area contributed by atoms with Gasteiger partial charge in [0.05, 0.1) is 0 Å². The standard InChI is InChI=1S/C19H25N3O2/c1-4-13(3)16(20-18(23)14-8-6-9-14)19-21-17(22-24-19)15-10-5-7-12(2)11-15/h5,7,10-11,13-14,16H,4,6,8-9H2,1-3H3,(H,20,23). The zero-order valence-electron chi connectivity index (χ0n) is 14.6. The molecule has 0 aliphatic heterocycles. The van der Waals surface area contributed by atoms with Gasteiger partial charge in [-0.25, -0.2) is 0 Å². The Hall–Kier alpha value is -2.17. The summed E-state index contributed by atoms with van der Waals surface area (Å²) in [7, 11) is 0. The number of benzene rings is 1. The van der Waals surface area contributed by atoms with Crippen LogP contribution in [0.15, 0.2) is 28.8 Å². The van der Waals surface area contributed by atoms with Crippen molar-refractivity contribution < 1.29 is 9.32 Å². The summed E-state index contributed by atoms with van der Waals surface area (Å²) in [5.41, 5.74) is 2.08. The van der Waals surface area contributed by atoms with Crippen LogP contribution in [0.25, 0.3) is 11.4 Å². The second-order valence-electron chi connectivity index (χ2n) is 6.83. The van der Waals surface area contributed by atoms with Gasteiger partial charge in [0.15, 0.2) is 0 Å². The number of amides is 1. The molecule has 128 valence electrons. The van der Waals surface area contributed by atoms with Crippen LogP contribution in [0, 0.1) is 18.8 Å². The van der Waals surface area contributed by atoms with Crippen molar-refractivity contribution in [2.45, 2.75) is 52.5 Å². The van der Waals surface area contributed by atoms with Crippen molar-refractivity contribution >= 4 is 5.91 Å². The van der Waals surface area contributed by atoms with Gasteiger partial charge in [-0.05, 0) is 31.7 Å². The van der Waals surface area contributed by atoms with Crippen LogP contribution < -0.4 is 5.32 Å². The molecule has 1 aromatic heterocycles. The Labute approximate surface area is 142 Å². The fraction of sp³-hybridized carbons (Fsp3) is 0.526. The zero-order chi connectivity index (χ0) is 17.1. The lowest BCUT2D eigenvalue weighted by atomic mass is 9.84. The van der Waals surface area contributed by atoms with Crippen LogP contribution in [0.2, 0.25) is 0 Å². The van der Waals surface area contributed by atoms with Crippen LogP contribution in [0.3, 0.4) is 0 Å². The largest absolute Gasteiger partial charge is 0.344 e. The van der Waals surface area contributed by atoms with E-state index in [1.54, 1.807) is 0 Å². The van der Waals surface area contributed by atoms with Gasteiger partial charge >= 0.3 is 0 Å². The Kier molecular flexibility index (Phi) is 4.97. The van der Waals surface area contributed by atoms with Gasteiger partial charge in [-0.15, -0.1) is 0 Å². The Morgan fingerprint density at radius 3 is 2.83 bits per heavy atom. The first-order valence-electron chi connectivity index (χ1n) is 8.79. The normalized spacial score (nSPS) is 17.1. The third-order valence-corrected chi connectivity index (χ3v) is 4.97. The second-order valence-corrected chi connectivity index (χ2v) is 6.83. The van der Waals surface area contributed by atoms with Crippen molar-refractivity contribution in [1.29, 1.82) is 0 Å². The molecule has 2 atom stereocenters. The van der Waals surface area contributed by atoms with Crippen LogP contribution in [-0.4, -0.2) is 16.0 Å². The maximum atomic E-state index is 12.3. The van der Waals surface area contributed by atoms with Crippen molar-refractivity contribution in [3.63, 3.8) is 0 Å². The first-order valence-corrected chi connectivity index (χ1v) is 8.79. The minimum atomic E-state index is -0.228. The molecule has 0 bridgehead atoms. The zero-order valence-corrected chi connectivity index (χ0v) is 14.6. The number of carbonyl (C=O) groups excluding carboxylic acids is 1. The number of nitrogens with zero attached hydrogens (tertiary/aromatic N) is 2. The highest BCUT2D eigenvalue weighted by Gasteiger charge is 2.31. The van der Waals surface area contributed by atoms with Gasteiger partial charge in [-0.3, -0.25) is 4.79 Å². The molecule has 2 aromatic rings. The minimum Gasteiger partial charge on any atom is -0.344 e. The van der Waals surface area contributed by atoms with Gasteiger partial charge in [-0.2, -0.15) is 4.98 Å². The lowest BCUT2D eigenvalue weighted by molar-refractivity contribution is -0.128. The lowest BCUT2D eigenvalue weighted by Gasteiger charge is -2.28. The van der Waals surface area contributed by atoms with E-state index in [9.17, 15) is 4.79 Å². The minimum absolute atomic E-state index is 0.113. The van der Waals surface area contributed by atoms with Gasteiger partial charge in [0.1, 0.15) is 6.04 Å². The molecule has 0 radical (unpaired) electrons. The Balaban J connectivity index is 1.81. The monoisotopic (exact) mass is 327 g/mol. The van der Waals surface area contributed by atoms with Gasteiger partial charge in [0.25, 0.3) is 0 Å². The predicted molar refractivity (Wildman–Crippen MR) is 92.2 cm³/mol. The maximum Gasteiger partial charge on any atom is 0.249 e. The molecule has 1 aromatic carbocycles. The van der Waals surface area contributed by atoms with Crippen LogP contribution in [0.1, 0.15) is 57.0 Å². The molecule has 1 saturated carbocycles. The van der Waals surface area contributed by atoms with Gasteiger partial charge in [0.2, 0.25) is 17.6 Å². The number of carbonyl (C=O) groups is 1. The highest BCUT2D eigenvalue weighted by atomic mass is 16.5. The van der Waals surface area contributed by atoms with E-state index in [0.717, 1.165) is 36.8 Å². The van der Waals surface area contributed by atoms with E-state index in [-0.39, 0.29) is 23.8 Å². The van der Waals surface area contributed by atoms with E-state index >= 15 is 0 Å².